The van der Waals surface area contributed by atoms with E-state index < -0.39 is 0 Å². The van der Waals surface area contributed by atoms with Gasteiger partial charge in [-0.05, 0) is 24.3 Å². The van der Waals surface area contributed by atoms with Crippen LogP contribution in [-0.4, -0.2) is 16.8 Å². The number of nitrogens with zero attached hydrogens (tertiary/aromatic N) is 2. The number of imide groups is 1. The van der Waals surface area contributed by atoms with E-state index in [-0.39, 0.29) is 11.8 Å². The average Bonchev–Trinajstić information content (AvgIpc) is 3.33. The molecule has 2 heterocycles. The number of aromatic nitrogens is 1. The number of fused-ring (bicyclic) bond motifs is 1. The van der Waals surface area contributed by atoms with Gasteiger partial charge < -0.3 is 0 Å². The summed E-state index contributed by atoms with van der Waals surface area (Å²) in [6, 6.07) is 24.3. The van der Waals surface area contributed by atoms with Crippen LogP contribution in [0.15, 0.2) is 84.2 Å². The van der Waals surface area contributed by atoms with E-state index in [4.69, 9.17) is 4.98 Å². The summed E-state index contributed by atoms with van der Waals surface area (Å²) in [6.45, 7) is 0. The Morgan fingerprint density at radius 1 is 0.714 bits per heavy atom. The van der Waals surface area contributed by atoms with Crippen molar-refractivity contribution in [2.75, 3.05) is 4.90 Å². The van der Waals surface area contributed by atoms with Crippen LogP contribution in [0.1, 0.15) is 20.7 Å². The maximum Gasteiger partial charge on any atom is 0.266 e. The van der Waals surface area contributed by atoms with E-state index in [1.54, 1.807) is 30.3 Å². The molecule has 134 valence electrons. The largest absolute Gasteiger partial charge is 0.268 e. The second-order valence-electron chi connectivity index (χ2n) is 6.45. The second kappa shape index (κ2) is 6.55. The molecule has 1 aliphatic heterocycles. The van der Waals surface area contributed by atoms with Gasteiger partial charge in [-0.15, -0.1) is 11.3 Å². The van der Waals surface area contributed by atoms with Crippen LogP contribution in [0.3, 0.4) is 0 Å². The van der Waals surface area contributed by atoms with Gasteiger partial charge in [-0.1, -0.05) is 54.6 Å². The number of hydrogen-bond donors (Lipinski definition) is 0. The quantitative estimate of drug-likeness (QED) is 0.453. The van der Waals surface area contributed by atoms with Crippen LogP contribution in [0.2, 0.25) is 0 Å². The van der Waals surface area contributed by atoms with Gasteiger partial charge in [0.25, 0.3) is 11.8 Å². The first-order valence-corrected chi connectivity index (χ1v) is 9.69. The molecule has 0 unspecified atom stereocenters. The van der Waals surface area contributed by atoms with Gasteiger partial charge in [-0.3, -0.25) is 9.59 Å². The zero-order chi connectivity index (χ0) is 19.1. The normalized spacial score (nSPS) is 13.1. The molecule has 0 radical (unpaired) electrons. The highest BCUT2D eigenvalue weighted by Gasteiger charge is 2.36. The fourth-order valence-electron chi connectivity index (χ4n) is 3.35. The molecular weight excluding hydrogens is 368 g/mol. The molecule has 0 atom stereocenters. The summed E-state index contributed by atoms with van der Waals surface area (Å²) in [5.41, 5.74) is 4.28. The van der Waals surface area contributed by atoms with Crippen LogP contribution in [0.5, 0.6) is 0 Å². The lowest BCUT2D eigenvalue weighted by atomic mass is 10.1. The average molecular weight is 382 g/mol. The van der Waals surface area contributed by atoms with Crippen molar-refractivity contribution in [2.24, 2.45) is 0 Å². The van der Waals surface area contributed by atoms with Crippen molar-refractivity contribution in [2.45, 2.75) is 0 Å². The van der Waals surface area contributed by atoms with E-state index in [1.165, 1.54) is 16.2 Å². The lowest BCUT2D eigenvalue weighted by molar-refractivity contribution is 0.0926. The highest BCUT2D eigenvalue weighted by atomic mass is 32.1. The molecule has 3 aromatic carbocycles. The number of thiazole rings is 1. The van der Waals surface area contributed by atoms with Crippen molar-refractivity contribution < 1.29 is 9.59 Å². The van der Waals surface area contributed by atoms with Crippen LogP contribution >= 0.6 is 11.3 Å². The summed E-state index contributed by atoms with van der Waals surface area (Å²) in [6.07, 6.45) is 0. The van der Waals surface area contributed by atoms with Gasteiger partial charge in [0.2, 0.25) is 0 Å². The van der Waals surface area contributed by atoms with Crippen molar-refractivity contribution in [1.82, 2.24) is 4.98 Å². The molecule has 4 aromatic rings. The zero-order valence-corrected chi connectivity index (χ0v) is 15.5. The molecule has 0 N–H and O–H groups in total. The maximum absolute atomic E-state index is 12.7. The Hall–Kier alpha value is -3.57. The van der Waals surface area contributed by atoms with E-state index in [9.17, 15) is 9.59 Å². The third kappa shape index (κ3) is 2.64. The van der Waals surface area contributed by atoms with Crippen LogP contribution in [-0.2, 0) is 0 Å². The molecule has 0 saturated carbocycles. The number of benzene rings is 3. The lowest BCUT2D eigenvalue weighted by Gasteiger charge is -2.14. The Morgan fingerprint density at radius 3 is 2.07 bits per heavy atom. The van der Waals surface area contributed by atoms with E-state index in [2.05, 4.69) is 0 Å². The number of anilines is 1. The Labute approximate surface area is 165 Å². The summed E-state index contributed by atoms with van der Waals surface area (Å²) < 4.78 is 0. The van der Waals surface area contributed by atoms with Crippen LogP contribution in [0, 0.1) is 0 Å². The molecule has 2 amide bonds. The fraction of sp³-hybridized carbons (Fsp3) is 0. The number of hydrogen-bond acceptors (Lipinski definition) is 4. The number of rotatable bonds is 3. The SMILES string of the molecule is O=C1c2ccccc2C(=O)N1c1cccc(-c2nc(-c3ccccc3)cs2)c1. The van der Waals surface area contributed by atoms with Crippen LogP contribution in [0.25, 0.3) is 21.8 Å². The Morgan fingerprint density at radius 2 is 1.36 bits per heavy atom. The van der Waals surface area contributed by atoms with Gasteiger partial charge in [0.15, 0.2) is 0 Å². The summed E-state index contributed by atoms with van der Waals surface area (Å²) in [5, 5.41) is 2.86. The molecule has 28 heavy (non-hydrogen) atoms. The monoisotopic (exact) mass is 382 g/mol. The molecule has 1 aromatic heterocycles. The lowest BCUT2D eigenvalue weighted by Crippen LogP contribution is -2.29. The second-order valence-corrected chi connectivity index (χ2v) is 7.30. The Bertz CT molecular complexity index is 1180. The number of amides is 2. The first-order chi connectivity index (χ1) is 13.7. The molecule has 0 spiro atoms. The summed E-state index contributed by atoms with van der Waals surface area (Å²) in [5.74, 6) is -0.580. The molecule has 5 rings (SSSR count). The first kappa shape index (κ1) is 16.6. The first-order valence-electron chi connectivity index (χ1n) is 8.81. The van der Waals surface area contributed by atoms with Crippen molar-refractivity contribution in [3.05, 3.63) is 95.4 Å². The van der Waals surface area contributed by atoms with E-state index in [1.807, 2.05) is 53.9 Å². The van der Waals surface area contributed by atoms with Gasteiger partial charge in [-0.2, -0.15) is 0 Å². The van der Waals surface area contributed by atoms with Gasteiger partial charge in [0.05, 0.1) is 22.5 Å². The highest BCUT2D eigenvalue weighted by molar-refractivity contribution is 7.13. The maximum atomic E-state index is 12.7. The molecule has 4 nitrogen and oxygen atoms in total. The smallest absolute Gasteiger partial charge is 0.266 e. The Balaban J connectivity index is 1.51. The fourth-order valence-corrected chi connectivity index (χ4v) is 4.18. The summed E-state index contributed by atoms with van der Waals surface area (Å²) in [7, 11) is 0. The molecule has 5 heteroatoms. The third-order valence-electron chi connectivity index (χ3n) is 4.72. The Kier molecular flexibility index (Phi) is 3.88. The predicted octanol–water partition coefficient (Wildman–Crippen LogP) is 5.28. The highest BCUT2D eigenvalue weighted by Crippen LogP contribution is 2.33. The topological polar surface area (TPSA) is 50.3 Å². The van der Waals surface area contributed by atoms with Crippen LogP contribution < -0.4 is 4.90 Å². The van der Waals surface area contributed by atoms with Gasteiger partial charge in [0, 0.05) is 16.5 Å². The van der Waals surface area contributed by atoms with E-state index in [0.717, 1.165) is 21.8 Å². The zero-order valence-electron chi connectivity index (χ0n) is 14.7. The minimum Gasteiger partial charge on any atom is -0.268 e. The van der Waals surface area contributed by atoms with Gasteiger partial charge >= 0.3 is 0 Å². The molecule has 0 aliphatic carbocycles. The van der Waals surface area contributed by atoms with Crippen molar-refractivity contribution in [3.63, 3.8) is 0 Å². The van der Waals surface area contributed by atoms with Gasteiger partial charge in [0.1, 0.15) is 5.01 Å². The molecule has 0 saturated heterocycles. The number of carbonyl (C=O) groups is 2. The molecule has 0 bridgehead atoms. The number of carbonyl (C=O) groups excluding carboxylic acids is 2. The molecule has 1 aliphatic rings. The van der Waals surface area contributed by atoms with Crippen molar-refractivity contribution in [3.8, 4) is 21.8 Å². The summed E-state index contributed by atoms with van der Waals surface area (Å²) >= 11 is 1.54. The van der Waals surface area contributed by atoms with Crippen molar-refractivity contribution in [1.29, 1.82) is 0 Å². The predicted molar refractivity (Wildman–Crippen MR) is 111 cm³/mol. The molecular formula is C23H14N2O2S. The minimum atomic E-state index is -0.290. The summed E-state index contributed by atoms with van der Waals surface area (Å²) in [4.78, 5) is 31.4. The minimum absolute atomic E-state index is 0.290. The molecule has 0 fully saturated rings. The van der Waals surface area contributed by atoms with Gasteiger partial charge in [-0.25, -0.2) is 9.88 Å². The van der Waals surface area contributed by atoms with Crippen molar-refractivity contribution >= 4 is 28.8 Å². The standard InChI is InChI=1S/C23H14N2O2S/c26-22-18-11-4-5-12-19(18)23(27)25(22)17-10-6-9-16(13-17)21-24-20(14-28-21)15-7-2-1-3-8-15/h1-14H. The third-order valence-corrected chi connectivity index (χ3v) is 5.61. The van der Waals surface area contributed by atoms with E-state index >= 15 is 0 Å². The van der Waals surface area contributed by atoms with E-state index in [0.29, 0.717) is 16.8 Å². The van der Waals surface area contributed by atoms with Crippen LogP contribution in [0.4, 0.5) is 5.69 Å².